The van der Waals surface area contributed by atoms with E-state index >= 15 is 0 Å². The van der Waals surface area contributed by atoms with Crippen LogP contribution in [0.3, 0.4) is 0 Å². The number of ether oxygens (including phenoxy) is 1. The highest BCUT2D eigenvalue weighted by atomic mass is 79.9. The van der Waals surface area contributed by atoms with Crippen LogP contribution in [0.4, 0.5) is 0 Å². The highest BCUT2D eigenvalue weighted by Crippen LogP contribution is 2.23. The number of hydrogen-bond donors (Lipinski definition) is 1. The smallest absolute Gasteiger partial charge is 0.153 e. The van der Waals surface area contributed by atoms with Crippen LogP contribution in [0.2, 0.25) is 0 Å². The molecule has 19 heavy (non-hydrogen) atoms. The molecular weight excluding hydrogens is 330 g/mol. The summed E-state index contributed by atoms with van der Waals surface area (Å²) in [5.41, 5.74) is 1.00. The van der Waals surface area contributed by atoms with Crippen LogP contribution in [-0.4, -0.2) is 33.6 Å². The van der Waals surface area contributed by atoms with Gasteiger partial charge in [0.2, 0.25) is 0 Å². The first kappa shape index (κ1) is 16.5. The van der Waals surface area contributed by atoms with E-state index in [0.29, 0.717) is 13.0 Å². The molecule has 0 saturated carbocycles. The molecule has 0 spiro atoms. The van der Waals surface area contributed by atoms with Crippen molar-refractivity contribution in [2.75, 3.05) is 25.2 Å². The fourth-order valence-corrected chi connectivity index (χ4v) is 3.28. The molecule has 4 nitrogen and oxygen atoms in total. The van der Waals surface area contributed by atoms with E-state index in [2.05, 4.69) is 21.2 Å². The highest BCUT2D eigenvalue weighted by molar-refractivity contribution is 9.10. The van der Waals surface area contributed by atoms with Crippen molar-refractivity contribution in [3.63, 3.8) is 0 Å². The second kappa shape index (κ2) is 7.87. The summed E-state index contributed by atoms with van der Waals surface area (Å²) in [4.78, 5) is 0. The van der Waals surface area contributed by atoms with Crippen LogP contribution in [0, 0.1) is 0 Å². The van der Waals surface area contributed by atoms with Gasteiger partial charge in [-0.2, -0.15) is 0 Å². The van der Waals surface area contributed by atoms with Crippen molar-refractivity contribution in [3.05, 3.63) is 28.2 Å². The second-order valence-electron chi connectivity index (χ2n) is 4.28. The summed E-state index contributed by atoms with van der Waals surface area (Å²) in [5, 5.41) is 3.06. The molecular formula is C13H20BrNO3S. The standard InChI is InChI=1S/C13H20BrNO3S/c1-3-7-19(16,17)8-6-18-13-5-4-12(14)9-11(13)10-15-2/h4-5,9,15H,3,6-8,10H2,1-2H3. The van der Waals surface area contributed by atoms with E-state index in [0.717, 1.165) is 15.8 Å². The van der Waals surface area contributed by atoms with Crippen molar-refractivity contribution in [2.45, 2.75) is 19.9 Å². The lowest BCUT2D eigenvalue weighted by atomic mass is 10.2. The van der Waals surface area contributed by atoms with E-state index in [1.165, 1.54) is 0 Å². The van der Waals surface area contributed by atoms with Crippen LogP contribution in [0.15, 0.2) is 22.7 Å². The molecule has 0 aromatic heterocycles. The molecule has 0 aliphatic heterocycles. The first-order chi connectivity index (χ1) is 8.98. The Bertz CT molecular complexity index is 503. The van der Waals surface area contributed by atoms with Crippen molar-refractivity contribution in [3.8, 4) is 5.75 Å². The summed E-state index contributed by atoms with van der Waals surface area (Å²) < 4.78 is 29.7. The minimum atomic E-state index is -2.98. The van der Waals surface area contributed by atoms with Gasteiger partial charge >= 0.3 is 0 Å². The van der Waals surface area contributed by atoms with Gasteiger partial charge in [0.05, 0.1) is 11.5 Å². The quantitative estimate of drug-likeness (QED) is 0.782. The second-order valence-corrected chi connectivity index (χ2v) is 7.50. The number of rotatable bonds is 8. The summed E-state index contributed by atoms with van der Waals surface area (Å²) in [6, 6.07) is 5.70. The van der Waals surface area contributed by atoms with Crippen LogP contribution >= 0.6 is 15.9 Å². The third-order valence-corrected chi connectivity index (χ3v) is 4.87. The topological polar surface area (TPSA) is 55.4 Å². The number of halogens is 1. The Kier molecular flexibility index (Phi) is 6.82. The number of benzene rings is 1. The van der Waals surface area contributed by atoms with E-state index in [4.69, 9.17) is 4.74 Å². The molecule has 0 aliphatic carbocycles. The maximum Gasteiger partial charge on any atom is 0.153 e. The van der Waals surface area contributed by atoms with Crippen molar-refractivity contribution in [1.29, 1.82) is 0 Å². The Morgan fingerprint density at radius 3 is 2.68 bits per heavy atom. The summed E-state index contributed by atoms with van der Waals surface area (Å²) >= 11 is 3.41. The first-order valence-corrected chi connectivity index (χ1v) is 8.86. The fraction of sp³-hybridized carbons (Fsp3) is 0.538. The molecule has 0 heterocycles. The van der Waals surface area contributed by atoms with E-state index in [-0.39, 0.29) is 18.1 Å². The first-order valence-electron chi connectivity index (χ1n) is 6.24. The minimum Gasteiger partial charge on any atom is -0.492 e. The van der Waals surface area contributed by atoms with Gasteiger partial charge in [0, 0.05) is 16.6 Å². The Labute approximate surface area is 123 Å². The van der Waals surface area contributed by atoms with Gasteiger partial charge in [-0.25, -0.2) is 8.42 Å². The lowest BCUT2D eigenvalue weighted by Gasteiger charge is -2.12. The molecule has 0 unspecified atom stereocenters. The molecule has 0 fully saturated rings. The molecule has 108 valence electrons. The SMILES string of the molecule is CCCS(=O)(=O)CCOc1ccc(Br)cc1CNC. The normalized spacial score (nSPS) is 11.5. The van der Waals surface area contributed by atoms with Crippen molar-refractivity contribution in [1.82, 2.24) is 5.32 Å². The van der Waals surface area contributed by atoms with Crippen LogP contribution < -0.4 is 10.1 Å². The molecule has 0 amide bonds. The van der Waals surface area contributed by atoms with E-state index in [9.17, 15) is 8.42 Å². The molecule has 6 heteroatoms. The van der Waals surface area contributed by atoms with Crippen molar-refractivity contribution < 1.29 is 13.2 Å². The molecule has 1 rings (SSSR count). The monoisotopic (exact) mass is 349 g/mol. The lowest BCUT2D eigenvalue weighted by molar-refractivity contribution is 0.336. The molecule has 1 aromatic rings. The van der Waals surface area contributed by atoms with Crippen LogP contribution in [0.5, 0.6) is 5.75 Å². The third kappa shape index (κ3) is 5.93. The predicted molar refractivity (Wildman–Crippen MR) is 81.3 cm³/mol. The molecule has 0 saturated heterocycles. The van der Waals surface area contributed by atoms with Gasteiger partial charge in [-0.05, 0) is 31.7 Å². The Morgan fingerprint density at radius 2 is 2.05 bits per heavy atom. The number of sulfone groups is 1. The van der Waals surface area contributed by atoms with Gasteiger partial charge in [-0.3, -0.25) is 0 Å². The average Bonchev–Trinajstić information content (AvgIpc) is 2.32. The van der Waals surface area contributed by atoms with Crippen LogP contribution in [0.25, 0.3) is 0 Å². The predicted octanol–water partition coefficient (Wildman–Crippen LogP) is 2.37. The Balaban J connectivity index is 2.62. The molecule has 0 bridgehead atoms. The van der Waals surface area contributed by atoms with Crippen molar-refractivity contribution >= 4 is 25.8 Å². The fourth-order valence-electron chi connectivity index (χ4n) is 1.71. The third-order valence-electron chi connectivity index (χ3n) is 2.56. The molecule has 1 N–H and O–H groups in total. The van der Waals surface area contributed by atoms with Gasteiger partial charge in [0.25, 0.3) is 0 Å². The zero-order chi connectivity index (χ0) is 14.3. The van der Waals surface area contributed by atoms with Gasteiger partial charge in [0.15, 0.2) is 9.84 Å². The molecule has 1 aromatic carbocycles. The molecule has 0 radical (unpaired) electrons. The maximum absolute atomic E-state index is 11.6. The summed E-state index contributed by atoms with van der Waals surface area (Å²) in [5.74, 6) is 1.01. The maximum atomic E-state index is 11.6. The van der Waals surface area contributed by atoms with Gasteiger partial charge in [0.1, 0.15) is 12.4 Å². The van der Waals surface area contributed by atoms with Crippen LogP contribution in [0.1, 0.15) is 18.9 Å². The summed E-state index contributed by atoms with van der Waals surface area (Å²) in [6.45, 7) is 2.73. The average molecular weight is 350 g/mol. The molecule has 0 atom stereocenters. The van der Waals surface area contributed by atoms with E-state index < -0.39 is 9.84 Å². The molecule has 0 aliphatic rings. The summed E-state index contributed by atoms with van der Waals surface area (Å²) in [7, 11) is -1.13. The lowest BCUT2D eigenvalue weighted by Crippen LogP contribution is -2.17. The zero-order valence-corrected chi connectivity index (χ0v) is 13.7. The number of hydrogen-bond acceptors (Lipinski definition) is 4. The van der Waals surface area contributed by atoms with E-state index in [1.54, 1.807) is 0 Å². The minimum absolute atomic E-state index is 0.0654. The summed E-state index contributed by atoms with van der Waals surface area (Å²) in [6.07, 6.45) is 0.644. The van der Waals surface area contributed by atoms with Crippen LogP contribution in [-0.2, 0) is 16.4 Å². The largest absolute Gasteiger partial charge is 0.492 e. The van der Waals surface area contributed by atoms with E-state index in [1.807, 2.05) is 32.2 Å². The zero-order valence-electron chi connectivity index (χ0n) is 11.3. The van der Waals surface area contributed by atoms with Gasteiger partial charge in [-0.1, -0.05) is 22.9 Å². The van der Waals surface area contributed by atoms with Crippen molar-refractivity contribution in [2.24, 2.45) is 0 Å². The Morgan fingerprint density at radius 1 is 1.32 bits per heavy atom. The van der Waals surface area contributed by atoms with Gasteiger partial charge < -0.3 is 10.1 Å². The Hall–Kier alpha value is -0.590. The highest BCUT2D eigenvalue weighted by Gasteiger charge is 2.10. The number of nitrogens with one attached hydrogen (secondary N) is 1. The van der Waals surface area contributed by atoms with Gasteiger partial charge in [-0.15, -0.1) is 0 Å².